The highest BCUT2D eigenvalue weighted by molar-refractivity contribution is 7.92. The molecule has 0 aliphatic carbocycles. The van der Waals surface area contributed by atoms with Gasteiger partial charge in [-0.25, -0.2) is 8.42 Å². The summed E-state index contributed by atoms with van der Waals surface area (Å²) < 4.78 is 33.2. The predicted molar refractivity (Wildman–Crippen MR) is 122 cm³/mol. The topological polar surface area (TPSA) is 128 Å². The zero-order valence-corrected chi connectivity index (χ0v) is 18.4. The van der Waals surface area contributed by atoms with Gasteiger partial charge in [0.15, 0.2) is 6.61 Å². The smallest absolute Gasteiger partial charge is 0.262 e. The molecule has 32 heavy (non-hydrogen) atoms. The number of ether oxygens (including phenoxy) is 1. The van der Waals surface area contributed by atoms with E-state index in [9.17, 15) is 18.0 Å². The van der Waals surface area contributed by atoms with Gasteiger partial charge in [0.1, 0.15) is 5.75 Å². The van der Waals surface area contributed by atoms with Crippen molar-refractivity contribution in [2.75, 3.05) is 16.6 Å². The van der Waals surface area contributed by atoms with Crippen molar-refractivity contribution in [3.63, 3.8) is 0 Å². The molecule has 0 aliphatic rings. The maximum absolute atomic E-state index is 12.6. The zero-order valence-electron chi connectivity index (χ0n) is 17.6. The zero-order chi connectivity index (χ0) is 23.3. The number of rotatable bonds is 8. The fourth-order valence-electron chi connectivity index (χ4n) is 2.80. The molecule has 0 bridgehead atoms. The number of sulfonamides is 1. The van der Waals surface area contributed by atoms with E-state index in [2.05, 4.69) is 10.0 Å². The van der Waals surface area contributed by atoms with Gasteiger partial charge in [-0.3, -0.25) is 14.3 Å². The van der Waals surface area contributed by atoms with Gasteiger partial charge in [-0.1, -0.05) is 6.07 Å². The maximum Gasteiger partial charge on any atom is 0.262 e. The van der Waals surface area contributed by atoms with Gasteiger partial charge in [-0.15, -0.1) is 0 Å². The number of nitrogens with one attached hydrogen (secondary N) is 2. The van der Waals surface area contributed by atoms with Gasteiger partial charge >= 0.3 is 0 Å². The molecule has 3 rings (SSSR count). The second kappa shape index (κ2) is 9.52. The Morgan fingerprint density at radius 1 is 0.875 bits per heavy atom. The van der Waals surface area contributed by atoms with Crippen molar-refractivity contribution in [2.24, 2.45) is 5.73 Å². The normalized spacial score (nSPS) is 10.9. The van der Waals surface area contributed by atoms with Crippen molar-refractivity contribution in [1.29, 1.82) is 0 Å². The SMILES string of the molecule is Cc1ccc(NS(=O)(=O)c2ccc(OCC(=O)Nc3ccc(C(N)=O)cc3)cc2)cc1C. The lowest BCUT2D eigenvalue weighted by molar-refractivity contribution is -0.118. The Morgan fingerprint density at radius 2 is 1.50 bits per heavy atom. The van der Waals surface area contributed by atoms with Gasteiger partial charge < -0.3 is 15.8 Å². The van der Waals surface area contributed by atoms with E-state index in [0.29, 0.717) is 22.7 Å². The second-order valence-electron chi connectivity index (χ2n) is 7.15. The lowest BCUT2D eigenvalue weighted by atomic mass is 10.1. The minimum Gasteiger partial charge on any atom is -0.484 e. The van der Waals surface area contributed by atoms with Gasteiger partial charge in [-0.05, 0) is 85.6 Å². The average molecular weight is 454 g/mol. The summed E-state index contributed by atoms with van der Waals surface area (Å²) in [7, 11) is -3.76. The van der Waals surface area contributed by atoms with Crippen LogP contribution in [0.15, 0.2) is 71.6 Å². The summed E-state index contributed by atoms with van der Waals surface area (Å²) in [5.41, 5.74) is 8.53. The van der Waals surface area contributed by atoms with Crippen LogP contribution in [0.1, 0.15) is 21.5 Å². The van der Waals surface area contributed by atoms with Crippen LogP contribution in [-0.2, 0) is 14.8 Å². The number of carbonyl (C=O) groups excluding carboxylic acids is 2. The number of amides is 2. The lowest BCUT2D eigenvalue weighted by Gasteiger charge is -2.11. The van der Waals surface area contributed by atoms with Crippen molar-refractivity contribution in [3.8, 4) is 5.75 Å². The highest BCUT2D eigenvalue weighted by atomic mass is 32.2. The number of carbonyl (C=O) groups is 2. The number of anilines is 2. The molecule has 166 valence electrons. The third-order valence-corrected chi connectivity index (χ3v) is 6.11. The van der Waals surface area contributed by atoms with E-state index in [0.717, 1.165) is 11.1 Å². The third-order valence-electron chi connectivity index (χ3n) is 4.72. The van der Waals surface area contributed by atoms with E-state index >= 15 is 0 Å². The summed E-state index contributed by atoms with van der Waals surface area (Å²) in [6.45, 7) is 3.59. The van der Waals surface area contributed by atoms with E-state index in [1.165, 1.54) is 36.4 Å². The summed E-state index contributed by atoms with van der Waals surface area (Å²) in [6.07, 6.45) is 0. The maximum atomic E-state index is 12.6. The first-order valence-corrected chi connectivity index (χ1v) is 11.1. The van der Waals surface area contributed by atoms with Crippen molar-refractivity contribution in [1.82, 2.24) is 0 Å². The summed E-state index contributed by atoms with van der Waals surface area (Å²) >= 11 is 0. The molecule has 0 unspecified atom stereocenters. The molecule has 0 aliphatic heterocycles. The van der Waals surface area contributed by atoms with Gasteiger partial charge in [0.25, 0.3) is 15.9 Å². The van der Waals surface area contributed by atoms with E-state index in [-0.39, 0.29) is 11.5 Å². The van der Waals surface area contributed by atoms with Gasteiger partial charge in [0.2, 0.25) is 5.91 Å². The molecule has 0 aromatic heterocycles. The first kappa shape index (κ1) is 22.8. The number of hydrogen-bond donors (Lipinski definition) is 3. The standard InChI is InChI=1S/C23H23N3O5S/c1-15-3-6-19(13-16(15)2)26-32(29,30)21-11-9-20(10-12-21)31-14-22(27)25-18-7-4-17(5-8-18)23(24)28/h3-13,26H,14H2,1-2H3,(H2,24,28)(H,25,27). The first-order chi connectivity index (χ1) is 15.1. The number of hydrogen-bond acceptors (Lipinski definition) is 5. The molecule has 3 aromatic carbocycles. The Bertz CT molecular complexity index is 1240. The van der Waals surface area contributed by atoms with E-state index < -0.39 is 21.8 Å². The monoisotopic (exact) mass is 453 g/mol. The quantitative estimate of drug-likeness (QED) is 0.483. The highest BCUT2D eigenvalue weighted by Gasteiger charge is 2.15. The van der Waals surface area contributed by atoms with Crippen molar-refractivity contribution < 1.29 is 22.7 Å². The van der Waals surface area contributed by atoms with Crippen LogP contribution in [0.3, 0.4) is 0 Å². The van der Waals surface area contributed by atoms with E-state index in [1.54, 1.807) is 24.3 Å². The van der Waals surface area contributed by atoms with E-state index in [1.807, 2.05) is 19.9 Å². The summed E-state index contributed by atoms with van der Waals surface area (Å²) in [5, 5.41) is 2.63. The van der Waals surface area contributed by atoms with Crippen LogP contribution in [0.25, 0.3) is 0 Å². The van der Waals surface area contributed by atoms with Gasteiger partial charge in [-0.2, -0.15) is 0 Å². The molecule has 2 amide bonds. The van der Waals surface area contributed by atoms with Crippen molar-refractivity contribution >= 4 is 33.2 Å². The minimum atomic E-state index is -3.76. The molecule has 3 aromatic rings. The molecule has 0 radical (unpaired) electrons. The van der Waals surface area contributed by atoms with Crippen LogP contribution >= 0.6 is 0 Å². The molecular formula is C23H23N3O5S. The Kier molecular flexibility index (Phi) is 6.79. The lowest BCUT2D eigenvalue weighted by Crippen LogP contribution is -2.20. The second-order valence-corrected chi connectivity index (χ2v) is 8.84. The average Bonchev–Trinajstić information content (AvgIpc) is 2.75. The number of nitrogens with two attached hydrogens (primary N) is 1. The summed E-state index contributed by atoms with van der Waals surface area (Å²) in [5.74, 6) is -0.625. The summed E-state index contributed by atoms with van der Waals surface area (Å²) in [6, 6.07) is 17.2. The largest absolute Gasteiger partial charge is 0.484 e. The van der Waals surface area contributed by atoms with Crippen LogP contribution in [0.2, 0.25) is 0 Å². The molecule has 0 atom stereocenters. The van der Waals surface area contributed by atoms with Crippen molar-refractivity contribution in [2.45, 2.75) is 18.7 Å². The predicted octanol–water partition coefficient (Wildman–Crippen LogP) is 3.22. The Labute approximate surface area is 186 Å². The third kappa shape index (κ3) is 5.86. The molecule has 4 N–H and O–H groups in total. The molecule has 0 heterocycles. The van der Waals surface area contributed by atoms with Crippen LogP contribution in [0.4, 0.5) is 11.4 Å². The molecule has 0 spiro atoms. The van der Waals surface area contributed by atoms with Crippen molar-refractivity contribution in [3.05, 3.63) is 83.4 Å². The van der Waals surface area contributed by atoms with Gasteiger partial charge in [0.05, 0.1) is 4.90 Å². The molecule has 8 nitrogen and oxygen atoms in total. The number of benzene rings is 3. The molecule has 0 saturated carbocycles. The van der Waals surface area contributed by atoms with Crippen LogP contribution in [0.5, 0.6) is 5.75 Å². The highest BCUT2D eigenvalue weighted by Crippen LogP contribution is 2.21. The Hall–Kier alpha value is -3.85. The van der Waals surface area contributed by atoms with Crippen LogP contribution in [0, 0.1) is 13.8 Å². The summed E-state index contributed by atoms with van der Waals surface area (Å²) in [4.78, 5) is 23.2. The van der Waals surface area contributed by atoms with Crippen LogP contribution in [-0.4, -0.2) is 26.8 Å². The number of aryl methyl sites for hydroxylation is 2. The molecule has 0 saturated heterocycles. The molecule has 9 heteroatoms. The van der Waals surface area contributed by atoms with E-state index in [4.69, 9.17) is 10.5 Å². The Balaban J connectivity index is 1.57. The molecule has 0 fully saturated rings. The van der Waals surface area contributed by atoms with Gasteiger partial charge in [0, 0.05) is 16.9 Å². The minimum absolute atomic E-state index is 0.0714. The fraction of sp³-hybridized carbons (Fsp3) is 0.130. The first-order valence-electron chi connectivity index (χ1n) is 9.67. The molecular weight excluding hydrogens is 430 g/mol. The fourth-order valence-corrected chi connectivity index (χ4v) is 3.85. The Morgan fingerprint density at radius 3 is 2.09 bits per heavy atom. The van der Waals surface area contributed by atoms with Crippen LogP contribution < -0.4 is 20.5 Å². The number of primary amides is 1.